The number of pyridine rings is 1. The van der Waals surface area contributed by atoms with E-state index in [1.54, 1.807) is 16.9 Å². The van der Waals surface area contributed by atoms with Crippen molar-refractivity contribution in [3.05, 3.63) is 82.8 Å². The maximum absolute atomic E-state index is 14.9. The van der Waals surface area contributed by atoms with Gasteiger partial charge in [-0.1, -0.05) is 11.6 Å². The van der Waals surface area contributed by atoms with E-state index < -0.39 is 29.6 Å². The molecular weight excluding hydrogens is 545 g/mol. The lowest BCUT2D eigenvalue weighted by atomic mass is 10.1. The molecule has 2 N–H and O–H groups in total. The third-order valence-electron chi connectivity index (χ3n) is 5.61. The minimum atomic E-state index is -1.08. The van der Waals surface area contributed by atoms with Gasteiger partial charge in [0.25, 0.3) is 0 Å². The molecule has 0 radical (unpaired) electrons. The van der Waals surface area contributed by atoms with Crippen molar-refractivity contribution in [1.29, 1.82) is 0 Å². The van der Waals surface area contributed by atoms with Gasteiger partial charge in [-0.25, -0.2) is 14.2 Å². The van der Waals surface area contributed by atoms with E-state index in [0.29, 0.717) is 12.2 Å². The van der Waals surface area contributed by atoms with Gasteiger partial charge in [0.2, 0.25) is 11.8 Å². The number of amides is 2. The van der Waals surface area contributed by atoms with Crippen molar-refractivity contribution >= 4 is 41.3 Å². The molecule has 0 saturated heterocycles. The van der Waals surface area contributed by atoms with Crippen LogP contribution in [-0.2, 0) is 27.3 Å². The van der Waals surface area contributed by atoms with Crippen molar-refractivity contribution in [2.24, 2.45) is 0 Å². The highest BCUT2D eigenvalue weighted by molar-refractivity contribution is 6.31. The summed E-state index contributed by atoms with van der Waals surface area (Å²) in [4.78, 5) is 41.8. The summed E-state index contributed by atoms with van der Waals surface area (Å²) >= 11 is 5.94. The Labute approximate surface area is 232 Å². The third-order valence-corrected chi connectivity index (χ3v) is 5.90. The molecule has 2 amide bonds. The molecule has 1 aromatic carbocycles. The summed E-state index contributed by atoms with van der Waals surface area (Å²) in [5.74, 6) is -2.48. The topological polar surface area (TPSA) is 159 Å². The summed E-state index contributed by atoms with van der Waals surface area (Å²) < 4.78 is 22.4. The van der Waals surface area contributed by atoms with E-state index >= 15 is 0 Å². The van der Waals surface area contributed by atoms with Crippen LogP contribution in [0.5, 0.6) is 0 Å². The van der Waals surface area contributed by atoms with Gasteiger partial charge in [-0.2, -0.15) is 9.78 Å². The van der Waals surface area contributed by atoms with E-state index in [9.17, 15) is 18.8 Å². The van der Waals surface area contributed by atoms with Crippen LogP contribution in [0, 0.1) is 5.82 Å². The van der Waals surface area contributed by atoms with Gasteiger partial charge in [0.15, 0.2) is 5.82 Å². The predicted molar refractivity (Wildman–Crippen MR) is 141 cm³/mol. The molecule has 40 heavy (non-hydrogen) atoms. The number of ether oxygens (including phenoxy) is 1. The highest BCUT2D eigenvalue weighted by Crippen LogP contribution is 2.25. The molecule has 0 unspecified atom stereocenters. The Balaban J connectivity index is 1.54. The zero-order chi connectivity index (χ0) is 28.6. The lowest BCUT2D eigenvalue weighted by Gasteiger charge is -2.17. The standard InChI is InChI=1S/C25H23ClFN9O4/c1-3-35-11-10-16(32-35)12-19(24(38)31-21-8-4-15(13-28-21)25(39)40-2)30-22(37)9-5-17-20(36-14-29-33-34-36)7-6-18(26)23(17)27/h4-11,13-14,19H,3,12H2,1-2H3,(H,30,37)(H,28,31,38)/b9-5+/t19-/m0/s1. The van der Waals surface area contributed by atoms with Crippen molar-refractivity contribution in [3.8, 4) is 5.69 Å². The van der Waals surface area contributed by atoms with E-state index in [1.165, 1.54) is 54.7 Å². The number of anilines is 1. The van der Waals surface area contributed by atoms with Gasteiger partial charge in [0.1, 0.15) is 18.2 Å². The second-order valence-electron chi connectivity index (χ2n) is 8.22. The number of nitrogens with one attached hydrogen (secondary N) is 2. The fraction of sp³-hybridized carbons (Fsp3) is 0.200. The van der Waals surface area contributed by atoms with Crippen LogP contribution >= 0.6 is 11.6 Å². The van der Waals surface area contributed by atoms with Crippen LogP contribution in [0.4, 0.5) is 10.2 Å². The predicted octanol–water partition coefficient (Wildman–Crippen LogP) is 2.23. The van der Waals surface area contributed by atoms with Crippen LogP contribution in [0.15, 0.2) is 55.1 Å². The number of tetrazole rings is 1. The molecular formula is C25H23ClFN9O4. The Morgan fingerprint density at radius 2 is 2.02 bits per heavy atom. The molecule has 0 aliphatic rings. The number of carbonyl (C=O) groups is 3. The molecule has 3 aromatic heterocycles. The fourth-order valence-corrected chi connectivity index (χ4v) is 3.76. The van der Waals surface area contributed by atoms with Gasteiger partial charge in [-0.15, -0.1) is 5.10 Å². The molecule has 0 spiro atoms. The maximum Gasteiger partial charge on any atom is 0.339 e. The largest absolute Gasteiger partial charge is 0.465 e. The number of rotatable bonds is 10. The van der Waals surface area contributed by atoms with Gasteiger partial charge >= 0.3 is 5.97 Å². The molecule has 0 bridgehead atoms. The Bertz CT molecular complexity index is 1540. The van der Waals surface area contributed by atoms with Crippen molar-refractivity contribution in [1.82, 2.24) is 40.3 Å². The quantitative estimate of drug-likeness (QED) is 0.216. The molecule has 4 rings (SSSR count). The second kappa shape index (κ2) is 12.7. The van der Waals surface area contributed by atoms with Crippen LogP contribution in [0.2, 0.25) is 5.02 Å². The van der Waals surface area contributed by atoms with E-state index in [2.05, 4.69) is 41.0 Å². The van der Waals surface area contributed by atoms with Crippen molar-refractivity contribution in [3.63, 3.8) is 0 Å². The van der Waals surface area contributed by atoms with Crippen molar-refractivity contribution in [2.75, 3.05) is 12.4 Å². The minimum Gasteiger partial charge on any atom is -0.465 e. The molecule has 0 saturated carbocycles. The molecule has 0 fully saturated rings. The van der Waals surface area contributed by atoms with Crippen LogP contribution in [0.3, 0.4) is 0 Å². The van der Waals surface area contributed by atoms with E-state index in [1.807, 2.05) is 6.92 Å². The Morgan fingerprint density at radius 3 is 2.67 bits per heavy atom. The number of methoxy groups -OCH3 is 1. The summed E-state index contributed by atoms with van der Waals surface area (Å²) in [7, 11) is 1.24. The maximum atomic E-state index is 14.9. The highest BCUT2D eigenvalue weighted by Gasteiger charge is 2.23. The summed E-state index contributed by atoms with van der Waals surface area (Å²) in [5, 5.41) is 20.3. The molecule has 0 aliphatic carbocycles. The fourth-order valence-electron chi connectivity index (χ4n) is 3.59. The number of halogens is 2. The number of aryl methyl sites for hydroxylation is 1. The lowest BCUT2D eigenvalue weighted by Crippen LogP contribution is -2.45. The number of esters is 1. The minimum absolute atomic E-state index is 0.0347. The van der Waals surface area contributed by atoms with Gasteiger partial charge < -0.3 is 15.4 Å². The van der Waals surface area contributed by atoms with E-state index in [0.717, 1.165) is 6.08 Å². The lowest BCUT2D eigenvalue weighted by molar-refractivity contribution is -0.123. The Hall–Kier alpha value is -4.98. The number of aromatic nitrogens is 7. The SMILES string of the molecule is CCn1ccc(C[C@H](NC(=O)/C=C/c2c(-n3cnnn3)ccc(Cl)c2F)C(=O)Nc2ccc(C(=O)OC)cn2)n1. The summed E-state index contributed by atoms with van der Waals surface area (Å²) in [6.07, 6.45) is 6.60. The van der Waals surface area contributed by atoms with Gasteiger partial charge in [-0.3, -0.25) is 14.3 Å². The molecule has 15 heteroatoms. The summed E-state index contributed by atoms with van der Waals surface area (Å²) in [6.45, 7) is 2.53. The second-order valence-corrected chi connectivity index (χ2v) is 8.63. The normalized spacial score (nSPS) is 11.8. The van der Waals surface area contributed by atoms with Crippen LogP contribution < -0.4 is 10.6 Å². The Morgan fingerprint density at radius 1 is 1.20 bits per heavy atom. The first-order chi connectivity index (χ1) is 19.3. The molecule has 13 nitrogen and oxygen atoms in total. The van der Waals surface area contributed by atoms with Gasteiger partial charge in [-0.05, 0) is 53.8 Å². The monoisotopic (exact) mass is 567 g/mol. The number of nitrogens with zero attached hydrogens (tertiary/aromatic N) is 7. The smallest absolute Gasteiger partial charge is 0.339 e. The Kier molecular flexibility index (Phi) is 8.91. The number of carbonyl (C=O) groups excluding carboxylic acids is 3. The molecule has 206 valence electrons. The summed E-state index contributed by atoms with van der Waals surface area (Å²) in [5.41, 5.74) is 0.973. The third kappa shape index (κ3) is 6.71. The van der Waals surface area contributed by atoms with Crippen molar-refractivity contribution in [2.45, 2.75) is 25.9 Å². The molecule has 4 aromatic rings. The first-order valence-corrected chi connectivity index (χ1v) is 12.2. The van der Waals surface area contributed by atoms with Crippen molar-refractivity contribution < 1.29 is 23.5 Å². The first-order valence-electron chi connectivity index (χ1n) is 11.9. The number of benzene rings is 1. The zero-order valence-corrected chi connectivity index (χ0v) is 22.0. The number of hydrogen-bond acceptors (Lipinski definition) is 9. The van der Waals surface area contributed by atoms with E-state index in [4.69, 9.17) is 11.6 Å². The van der Waals surface area contributed by atoms with Crippen LogP contribution in [0.1, 0.15) is 28.5 Å². The first kappa shape index (κ1) is 28.0. The molecule has 0 aliphatic heterocycles. The van der Waals surface area contributed by atoms with E-state index in [-0.39, 0.29) is 34.1 Å². The van der Waals surface area contributed by atoms with Gasteiger partial charge in [0.05, 0.1) is 29.1 Å². The van der Waals surface area contributed by atoms with Gasteiger partial charge in [0, 0.05) is 37.0 Å². The summed E-state index contributed by atoms with van der Waals surface area (Å²) in [6, 6.07) is 6.36. The highest BCUT2D eigenvalue weighted by atomic mass is 35.5. The van der Waals surface area contributed by atoms with Crippen LogP contribution in [0.25, 0.3) is 11.8 Å². The average molecular weight is 568 g/mol. The molecule has 1 atom stereocenters. The number of hydrogen-bond donors (Lipinski definition) is 2. The average Bonchev–Trinajstić information content (AvgIpc) is 3.66. The zero-order valence-electron chi connectivity index (χ0n) is 21.3. The molecule has 3 heterocycles. The van der Waals surface area contributed by atoms with Crippen LogP contribution in [-0.4, -0.2) is 65.9 Å².